The van der Waals surface area contributed by atoms with Crippen LogP contribution < -0.4 is 0 Å². The first-order valence-corrected chi connectivity index (χ1v) is 28.0. The van der Waals surface area contributed by atoms with E-state index < -0.39 is 0 Å². The summed E-state index contributed by atoms with van der Waals surface area (Å²) in [6.07, 6.45) is 9.45. The number of aromatic nitrogens is 4. The molecule has 2 aromatic heterocycles. The van der Waals surface area contributed by atoms with Gasteiger partial charge in [0.05, 0.1) is 16.7 Å². The molecule has 0 saturated carbocycles. The molecule has 0 spiro atoms. The highest BCUT2D eigenvalue weighted by atomic mass is 15.0. The van der Waals surface area contributed by atoms with Gasteiger partial charge in [-0.2, -0.15) is 0 Å². The second-order valence-electron chi connectivity index (χ2n) is 24.5. The van der Waals surface area contributed by atoms with Crippen molar-refractivity contribution in [1.29, 1.82) is 0 Å². The Morgan fingerprint density at radius 3 is 1.25 bits per heavy atom. The fourth-order valence-corrected chi connectivity index (χ4v) is 11.3. The van der Waals surface area contributed by atoms with Crippen LogP contribution in [0, 0.1) is 0 Å². The number of nitrogens with zero attached hydrogens (tertiary/aromatic N) is 4. The van der Waals surface area contributed by atoms with Crippen molar-refractivity contribution in [3.05, 3.63) is 253 Å². The summed E-state index contributed by atoms with van der Waals surface area (Å²) in [5, 5.41) is 2.49. The highest BCUT2D eigenvalue weighted by Crippen LogP contribution is 2.50. The Hall–Kier alpha value is -8.73. The predicted molar refractivity (Wildman–Crippen MR) is 334 cm³/mol. The lowest BCUT2D eigenvalue weighted by atomic mass is 9.79. The van der Waals surface area contributed by atoms with Gasteiger partial charge in [-0.25, -0.2) is 15.0 Å². The summed E-state index contributed by atoms with van der Waals surface area (Å²) in [6, 6.07) is 75.8. The second-order valence-corrected chi connectivity index (χ2v) is 24.5. The maximum atomic E-state index is 5.47. The second kappa shape index (κ2) is 20.2. The van der Waals surface area contributed by atoms with Crippen molar-refractivity contribution in [3.8, 4) is 84.1 Å². The first kappa shape index (κ1) is 51.1. The summed E-state index contributed by atoms with van der Waals surface area (Å²) in [6.45, 7) is 21.2. The van der Waals surface area contributed by atoms with Crippen molar-refractivity contribution in [2.45, 2.75) is 90.9 Å². The zero-order valence-corrected chi connectivity index (χ0v) is 47.0. The van der Waals surface area contributed by atoms with E-state index in [0.29, 0.717) is 11.6 Å². The average molecular weight is 1030 g/mol. The zero-order valence-electron chi connectivity index (χ0n) is 47.0. The topological polar surface area (TPSA) is 43.6 Å². The Bertz CT molecular complexity index is 3990. The van der Waals surface area contributed by atoms with Crippen molar-refractivity contribution in [3.63, 3.8) is 0 Å². The minimum Gasteiger partial charge on any atom is -0.307 e. The third-order valence-electron chi connectivity index (χ3n) is 15.8. The molecule has 388 valence electrons. The van der Waals surface area contributed by atoms with Crippen LogP contribution in [0.4, 0.5) is 0 Å². The van der Waals surface area contributed by atoms with E-state index in [0.717, 1.165) is 62.4 Å². The first-order valence-electron chi connectivity index (χ1n) is 28.0. The summed E-state index contributed by atoms with van der Waals surface area (Å²) in [5.74, 6) is 2.05. The molecule has 0 amide bonds. The number of benzene rings is 9. The number of hydrogen-bond acceptors (Lipinski definition) is 3. The molecule has 0 fully saturated rings. The van der Waals surface area contributed by atoms with Gasteiger partial charge in [0.1, 0.15) is 5.82 Å². The van der Waals surface area contributed by atoms with Crippen molar-refractivity contribution in [2.24, 2.45) is 0 Å². The molecule has 0 N–H and O–H groups in total. The van der Waals surface area contributed by atoms with Crippen LogP contribution >= 0.6 is 0 Å². The van der Waals surface area contributed by atoms with Crippen LogP contribution in [0.25, 0.3) is 106 Å². The van der Waals surface area contributed by atoms with Crippen LogP contribution in [0.2, 0.25) is 0 Å². The summed E-state index contributed by atoms with van der Waals surface area (Å²) in [4.78, 5) is 16.1. The van der Waals surface area contributed by atoms with E-state index >= 15 is 0 Å². The van der Waals surface area contributed by atoms with E-state index in [4.69, 9.17) is 15.0 Å². The Balaban J connectivity index is 1.28. The van der Waals surface area contributed by atoms with Crippen LogP contribution in [-0.2, 0) is 16.2 Å². The molecule has 2 heterocycles. The fraction of sp³-hybridized carbons (Fsp3) is 0.187. The van der Waals surface area contributed by atoms with Gasteiger partial charge in [-0.1, -0.05) is 263 Å². The lowest BCUT2D eigenvalue weighted by Crippen LogP contribution is -2.18. The van der Waals surface area contributed by atoms with Gasteiger partial charge < -0.3 is 4.57 Å². The summed E-state index contributed by atoms with van der Waals surface area (Å²) in [7, 11) is 0. The van der Waals surface area contributed by atoms with Crippen molar-refractivity contribution in [1.82, 2.24) is 19.5 Å². The Kier molecular flexibility index (Phi) is 13.1. The lowest BCUT2D eigenvalue weighted by molar-refractivity contribution is 0.572. The maximum absolute atomic E-state index is 5.47. The molecule has 11 aromatic rings. The van der Waals surface area contributed by atoms with Crippen molar-refractivity contribution < 1.29 is 0 Å². The van der Waals surface area contributed by atoms with E-state index in [2.05, 4.69) is 291 Å². The largest absolute Gasteiger partial charge is 0.307 e. The molecule has 0 saturated heterocycles. The van der Waals surface area contributed by atoms with Gasteiger partial charge in [0.25, 0.3) is 0 Å². The Labute approximate surface area is 467 Å². The number of allylic oxidation sites excluding steroid dienone is 4. The third-order valence-corrected chi connectivity index (χ3v) is 15.8. The van der Waals surface area contributed by atoms with Gasteiger partial charge in [-0.15, -0.1) is 0 Å². The highest BCUT2D eigenvalue weighted by molar-refractivity contribution is 6.16. The number of hydrogen-bond donors (Lipinski definition) is 0. The van der Waals surface area contributed by atoms with Gasteiger partial charge in [0.2, 0.25) is 0 Å². The molecule has 1 aliphatic rings. The first-order chi connectivity index (χ1) is 38.1. The standard InChI is InChI=1S/C75H68N4/c1-73(2,3)59-45-63(53-29-19-12-20-30-53)68-64(46-59)65-47-60(74(4,5)6)48-66(75(7,8)9)69(65)79(68)67-61(54-39-35-51(36-40-54)49-25-15-10-16-26-49)43-58(44-62(67)55-41-37-52(38-42-55)50-27-17-11-18-28-50)72-77-70(56-31-21-13-22-32-56)76-71(78-72)57-33-23-14-24-34-57/h10-33,35-48,57H,34H2,1-9H3. The molecular formula is C75H68N4. The van der Waals surface area contributed by atoms with Crippen molar-refractivity contribution >= 4 is 21.8 Å². The molecule has 0 radical (unpaired) electrons. The quantitative estimate of drug-likeness (QED) is 0.145. The van der Waals surface area contributed by atoms with Crippen LogP contribution in [0.1, 0.15) is 97.2 Å². The maximum Gasteiger partial charge on any atom is 0.163 e. The molecule has 1 aliphatic carbocycles. The van der Waals surface area contributed by atoms with Crippen LogP contribution in [0.3, 0.4) is 0 Å². The third kappa shape index (κ3) is 9.98. The molecule has 0 bridgehead atoms. The summed E-state index contributed by atoms with van der Waals surface area (Å²) < 4.78 is 2.67. The Morgan fingerprint density at radius 2 is 0.785 bits per heavy atom. The number of fused-ring (bicyclic) bond motifs is 3. The number of rotatable bonds is 9. The smallest absolute Gasteiger partial charge is 0.163 e. The SMILES string of the molecule is CC(C)(C)c1cc(-c2ccccc2)c2c(c1)c1cc(C(C)(C)C)cc(C(C)(C)C)c1n2-c1c(-c2ccc(-c3ccccc3)cc2)cc(-c2nc(-c3ccccc3)nc(C3C=CC=CC3)n2)cc1-c1ccc(-c2ccccc2)cc1. The van der Waals surface area contributed by atoms with Gasteiger partial charge in [0.15, 0.2) is 11.6 Å². The molecule has 79 heavy (non-hydrogen) atoms. The van der Waals surface area contributed by atoms with E-state index in [9.17, 15) is 0 Å². The molecule has 4 nitrogen and oxygen atoms in total. The van der Waals surface area contributed by atoms with Crippen LogP contribution in [0.15, 0.2) is 231 Å². The molecule has 0 aliphatic heterocycles. The van der Waals surface area contributed by atoms with Crippen molar-refractivity contribution in [2.75, 3.05) is 0 Å². The average Bonchev–Trinajstić information content (AvgIpc) is 3.89. The van der Waals surface area contributed by atoms with Crippen LogP contribution in [0.5, 0.6) is 0 Å². The molecule has 9 aromatic carbocycles. The normalized spacial score (nSPS) is 13.9. The van der Waals surface area contributed by atoms with Gasteiger partial charge in [-0.05, 0) is 109 Å². The Morgan fingerprint density at radius 1 is 0.367 bits per heavy atom. The predicted octanol–water partition coefficient (Wildman–Crippen LogP) is 20.1. The van der Waals surface area contributed by atoms with Gasteiger partial charge in [0, 0.05) is 44.5 Å². The summed E-state index contributed by atoms with van der Waals surface area (Å²) in [5.41, 5.74) is 20.1. The highest BCUT2D eigenvalue weighted by Gasteiger charge is 2.32. The van der Waals surface area contributed by atoms with Gasteiger partial charge >= 0.3 is 0 Å². The van der Waals surface area contributed by atoms with E-state index in [1.165, 1.54) is 60.8 Å². The molecule has 12 rings (SSSR count). The summed E-state index contributed by atoms with van der Waals surface area (Å²) >= 11 is 0. The monoisotopic (exact) mass is 1020 g/mol. The zero-order chi connectivity index (χ0) is 54.6. The minimum absolute atomic E-state index is 0.00398. The molecule has 1 atom stereocenters. The molecule has 1 unspecified atom stereocenters. The molecule has 4 heteroatoms. The van der Waals surface area contributed by atoms with Crippen LogP contribution in [-0.4, -0.2) is 19.5 Å². The van der Waals surface area contributed by atoms with E-state index in [-0.39, 0.29) is 22.2 Å². The van der Waals surface area contributed by atoms with Gasteiger partial charge in [-0.3, -0.25) is 0 Å². The lowest BCUT2D eigenvalue weighted by Gasteiger charge is -2.28. The fourth-order valence-electron chi connectivity index (χ4n) is 11.3. The van der Waals surface area contributed by atoms with E-state index in [1.54, 1.807) is 0 Å². The molecular weight excluding hydrogens is 957 g/mol. The van der Waals surface area contributed by atoms with E-state index in [1.807, 2.05) is 6.07 Å². The minimum atomic E-state index is -0.252.